The number of oxime groups is 1. The standard InChI is InChI=1S/C18H17NO2/c1-2-3-6-11-21-13-9-10-15-14-7-4-5-8-16(14)18(19-20)17(15)12-13/h3-10,12,20H,2,11H2,1H3/b6-3+,19-18+. The van der Waals surface area contributed by atoms with E-state index in [-0.39, 0.29) is 0 Å². The van der Waals surface area contributed by atoms with Gasteiger partial charge >= 0.3 is 0 Å². The molecule has 21 heavy (non-hydrogen) atoms. The highest BCUT2D eigenvalue weighted by molar-refractivity contribution is 6.24. The van der Waals surface area contributed by atoms with Gasteiger partial charge in [0.2, 0.25) is 0 Å². The first-order valence-corrected chi connectivity index (χ1v) is 7.09. The lowest BCUT2D eigenvalue weighted by molar-refractivity contribution is 0.319. The molecule has 106 valence electrons. The van der Waals surface area contributed by atoms with Gasteiger partial charge in [0.05, 0.1) is 0 Å². The first-order chi connectivity index (χ1) is 10.3. The van der Waals surface area contributed by atoms with Crippen molar-refractivity contribution in [3.05, 3.63) is 65.7 Å². The predicted molar refractivity (Wildman–Crippen MR) is 84.2 cm³/mol. The maximum Gasteiger partial charge on any atom is 0.120 e. The average molecular weight is 279 g/mol. The molecule has 0 bridgehead atoms. The molecule has 3 nitrogen and oxygen atoms in total. The fourth-order valence-electron chi connectivity index (χ4n) is 2.60. The molecule has 0 fully saturated rings. The van der Waals surface area contributed by atoms with Gasteiger partial charge in [-0.1, -0.05) is 48.5 Å². The molecular formula is C18H17NO2. The summed E-state index contributed by atoms with van der Waals surface area (Å²) in [6.45, 7) is 2.64. The van der Waals surface area contributed by atoms with Crippen molar-refractivity contribution in [2.75, 3.05) is 6.61 Å². The Bertz CT molecular complexity index is 717. The van der Waals surface area contributed by atoms with E-state index >= 15 is 0 Å². The van der Waals surface area contributed by atoms with E-state index in [0.717, 1.165) is 34.4 Å². The number of allylic oxidation sites excluding steroid dienone is 1. The summed E-state index contributed by atoms with van der Waals surface area (Å²) < 4.78 is 5.70. The molecule has 1 N–H and O–H groups in total. The molecule has 1 aliphatic carbocycles. The Morgan fingerprint density at radius 1 is 1.00 bits per heavy atom. The molecule has 0 amide bonds. The molecule has 0 aromatic heterocycles. The first-order valence-electron chi connectivity index (χ1n) is 7.09. The maximum absolute atomic E-state index is 9.33. The third-order valence-electron chi connectivity index (χ3n) is 3.57. The van der Waals surface area contributed by atoms with E-state index in [2.05, 4.69) is 18.2 Å². The van der Waals surface area contributed by atoms with E-state index in [1.807, 2.05) is 48.5 Å². The van der Waals surface area contributed by atoms with Crippen LogP contribution in [0, 0.1) is 0 Å². The number of fused-ring (bicyclic) bond motifs is 3. The fourth-order valence-corrected chi connectivity index (χ4v) is 2.60. The first kappa shape index (κ1) is 13.4. The number of benzene rings is 2. The topological polar surface area (TPSA) is 41.8 Å². The van der Waals surface area contributed by atoms with Crippen LogP contribution in [0.3, 0.4) is 0 Å². The Labute approximate surface area is 124 Å². The second kappa shape index (κ2) is 5.83. The Morgan fingerprint density at radius 2 is 1.76 bits per heavy atom. The van der Waals surface area contributed by atoms with Crippen LogP contribution in [0.2, 0.25) is 0 Å². The molecule has 0 unspecified atom stereocenters. The smallest absolute Gasteiger partial charge is 0.120 e. The lowest BCUT2D eigenvalue weighted by Crippen LogP contribution is -1.99. The van der Waals surface area contributed by atoms with Gasteiger partial charge in [-0.05, 0) is 35.7 Å². The maximum atomic E-state index is 9.33. The van der Waals surface area contributed by atoms with Crippen LogP contribution in [0.4, 0.5) is 0 Å². The van der Waals surface area contributed by atoms with Crippen molar-refractivity contribution in [2.24, 2.45) is 5.16 Å². The molecule has 3 rings (SSSR count). The largest absolute Gasteiger partial charge is 0.490 e. The van der Waals surface area contributed by atoms with Gasteiger partial charge in [-0.3, -0.25) is 0 Å². The second-order valence-corrected chi connectivity index (χ2v) is 4.89. The van der Waals surface area contributed by atoms with Crippen molar-refractivity contribution >= 4 is 5.71 Å². The number of ether oxygens (including phenoxy) is 1. The van der Waals surface area contributed by atoms with Gasteiger partial charge in [0.1, 0.15) is 18.1 Å². The van der Waals surface area contributed by atoms with Crippen molar-refractivity contribution in [3.8, 4) is 16.9 Å². The van der Waals surface area contributed by atoms with Crippen molar-refractivity contribution in [2.45, 2.75) is 13.3 Å². The zero-order valence-electron chi connectivity index (χ0n) is 11.9. The highest BCUT2D eigenvalue weighted by atomic mass is 16.5. The Hall–Kier alpha value is -2.55. The van der Waals surface area contributed by atoms with E-state index in [1.165, 1.54) is 0 Å². The molecule has 0 saturated heterocycles. The van der Waals surface area contributed by atoms with Gasteiger partial charge in [-0.15, -0.1) is 0 Å². The summed E-state index contributed by atoms with van der Waals surface area (Å²) in [6.07, 6.45) is 5.08. The summed E-state index contributed by atoms with van der Waals surface area (Å²) in [5.74, 6) is 0.781. The van der Waals surface area contributed by atoms with Gasteiger partial charge in [0, 0.05) is 11.1 Å². The van der Waals surface area contributed by atoms with Crippen LogP contribution in [0.1, 0.15) is 24.5 Å². The van der Waals surface area contributed by atoms with E-state index in [0.29, 0.717) is 12.3 Å². The normalized spacial score (nSPS) is 14.4. The van der Waals surface area contributed by atoms with Gasteiger partial charge < -0.3 is 9.94 Å². The van der Waals surface area contributed by atoms with E-state index in [9.17, 15) is 5.21 Å². The molecule has 2 aromatic carbocycles. The zero-order valence-corrected chi connectivity index (χ0v) is 11.9. The summed E-state index contributed by atoms with van der Waals surface area (Å²) >= 11 is 0. The van der Waals surface area contributed by atoms with E-state index < -0.39 is 0 Å². The number of hydrogen-bond acceptors (Lipinski definition) is 3. The molecule has 3 heteroatoms. The molecule has 2 aromatic rings. The minimum Gasteiger partial charge on any atom is -0.490 e. The van der Waals surface area contributed by atoms with Crippen molar-refractivity contribution in [1.29, 1.82) is 0 Å². The lowest BCUT2D eigenvalue weighted by Gasteiger charge is -2.06. The van der Waals surface area contributed by atoms with Crippen LogP contribution in [-0.2, 0) is 0 Å². The van der Waals surface area contributed by atoms with Gasteiger partial charge in [0.15, 0.2) is 0 Å². The number of hydrogen-bond donors (Lipinski definition) is 1. The second-order valence-electron chi connectivity index (χ2n) is 4.89. The van der Waals surface area contributed by atoms with Crippen LogP contribution in [0.5, 0.6) is 5.75 Å². The third-order valence-corrected chi connectivity index (χ3v) is 3.57. The molecule has 1 aliphatic rings. The van der Waals surface area contributed by atoms with Gasteiger partial charge in [-0.2, -0.15) is 0 Å². The van der Waals surface area contributed by atoms with Crippen LogP contribution in [0.25, 0.3) is 11.1 Å². The Kier molecular flexibility index (Phi) is 3.73. The van der Waals surface area contributed by atoms with Crippen molar-refractivity contribution in [3.63, 3.8) is 0 Å². The van der Waals surface area contributed by atoms with Crippen LogP contribution < -0.4 is 4.74 Å². The minimum absolute atomic E-state index is 0.547. The molecule has 0 spiro atoms. The van der Waals surface area contributed by atoms with Gasteiger partial charge in [-0.25, -0.2) is 0 Å². The van der Waals surface area contributed by atoms with Crippen LogP contribution >= 0.6 is 0 Å². The molecule has 0 saturated carbocycles. The summed E-state index contributed by atoms with van der Waals surface area (Å²) in [5.41, 5.74) is 4.65. The highest BCUT2D eigenvalue weighted by Gasteiger charge is 2.25. The van der Waals surface area contributed by atoms with Crippen LogP contribution in [-0.4, -0.2) is 17.5 Å². The van der Waals surface area contributed by atoms with Gasteiger partial charge in [0.25, 0.3) is 0 Å². The fraction of sp³-hybridized carbons (Fsp3) is 0.167. The highest BCUT2D eigenvalue weighted by Crippen LogP contribution is 2.38. The van der Waals surface area contributed by atoms with E-state index in [4.69, 9.17) is 4.74 Å². The summed E-state index contributed by atoms with van der Waals surface area (Å²) in [5, 5.41) is 12.8. The lowest BCUT2D eigenvalue weighted by atomic mass is 10.1. The molecular weight excluding hydrogens is 262 g/mol. The third kappa shape index (κ3) is 2.42. The summed E-state index contributed by atoms with van der Waals surface area (Å²) in [4.78, 5) is 0. The molecule has 0 radical (unpaired) electrons. The molecule has 0 heterocycles. The van der Waals surface area contributed by atoms with E-state index in [1.54, 1.807) is 0 Å². The minimum atomic E-state index is 0.547. The summed E-state index contributed by atoms with van der Waals surface area (Å²) in [6, 6.07) is 13.8. The average Bonchev–Trinajstić information content (AvgIpc) is 2.84. The quantitative estimate of drug-likeness (QED) is 0.441. The zero-order chi connectivity index (χ0) is 14.7. The Morgan fingerprint density at radius 3 is 2.52 bits per heavy atom. The molecule has 0 aliphatic heterocycles. The molecule has 0 atom stereocenters. The summed E-state index contributed by atoms with van der Waals surface area (Å²) in [7, 11) is 0. The van der Waals surface area contributed by atoms with Crippen molar-refractivity contribution in [1.82, 2.24) is 0 Å². The predicted octanol–water partition coefficient (Wildman–Crippen LogP) is 4.24. The van der Waals surface area contributed by atoms with Crippen LogP contribution in [0.15, 0.2) is 59.8 Å². The monoisotopic (exact) mass is 279 g/mol. The SMILES string of the molecule is CC/C=C/COc1ccc2c(c1)/C(=N/O)c1ccccc1-2. The van der Waals surface area contributed by atoms with Crippen molar-refractivity contribution < 1.29 is 9.94 Å². The number of rotatable bonds is 4. The number of nitrogens with zero attached hydrogens (tertiary/aromatic N) is 1. The Balaban J connectivity index is 1.94.